The van der Waals surface area contributed by atoms with Gasteiger partial charge in [0.1, 0.15) is 0 Å². The molecule has 17 heavy (non-hydrogen) atoms. The van der Waals surface area contributed by atoms with Gasteiger partial charge in [-0.15, -0.1) is 0 Å². The number of rotatable bonds is 3. The van der Waals surface area contributed by atoms with E-state index in [1.807, 2.05) is 12.1 Å². The van der Waals surface area contributed by atoms with Crippen LogP contribution in [0.2, 0.25) is 0 Å². The summed E-state index contributed by atoms with van der Waals surface area (Å²) in [6, 6.07) is 3.71. The van der Waals surface area contributed by atoms with E-state index in [1.165, 1.54) is 0 Å². The zero-order chi connectivity index (χ0) is 12.1. The lowest BCUT2D eigenvalue weighted by molar-refractivity contribution is 0.423. The highest BCUT2D eigenvalue weighted by Gasteiger charge is 2.24. The Balaban J connectivity index is 2.09. The molecule has 0 saturated heterocycles. The monoisotopic (exact) mass is 232 g/mol. The summed E-state index contributed by atoms with van der Waals surface area (Å²) >= 11 is 0. The number of nitrogens with two attached hydrogens (primary N) is 1. The minimum atomic E-state index is -0.852. The van der Waals surface area contributed by atoms with Crippen molar-refractivity contribution >= 4 is 18.0 Å². The fourth-order valence-corrected chi connectivity index (χ4v) is 1.58. The number of aliphatic imine (C=N–C) groups is 2. The first-order valence-corrected chi connectivity index (χ1v) is 5.58. The lowest BCUT2D eigenvalue weighted by atomic mass is 10.2. The molecule has 0 radical (unpaired) electrons. The van der Waals surface area contributed by atoms with E-state index in [0.717, 1.165) is 12.1 Å². The molecule has 1 atom stereocenters. The van der Waals surface area contributed by atoms with Crippen molar-refractivity contribution in [2.24, 2.45) is 15.7 Å². The molecule has 0 aromatic carbocycles. The van der Waals surface area contributed by atoms with Gasteiger partial charge in [-0.1, -0.05) is 13.3 Å². The highest BCUT2D eigenvalue weighted by atomic mass is 15.3. The van der Waals surface area contributed by atoms with Crippen molar-refractivity contribution in [3.8, 4) is 0 Å². The first kappa shape index (κ1) is 11.5. The number of guanidine groups is 1. The summed E-state index contributed by atoms with van der Waals surface area (Å²) in [6.45, 7) is 2.05. The Morgan fingerprint density at radius 1 is 1.41 bits per heavy atom. The Labute approximate surface area is 100 Å². The van der Waals surface area contributed by atoms with Crippen molar-refractivity contribution in [3.05, 3.63) is 24.5 Å². The average Bonchev–Trinajstić information content (AvgIpc) is 2.30. The smallest absolute Gasteiger partial charge is 0.207 e. The number of hydrogen-bond donors (Lipinski definition) is 3. The van der Waals surface area contributed by atoms with Crippen molar-refractivity contribution in [3.63, 3.8) is 0 Å². The van der Waals surface area contributed by atoms with E-state index in [9.17, 15) is 0 Å². The van der Waals surface area contributed by atoms with E-state index in [-0.39, 0.29) is 0 Å². The number of anilines is 1. The Hall–Kier alpha value is -1.95. The van der Waals surface area contributed by atoms with E-state index < -0.39 is 5.79 Å². The van der Waals surface area contributed by atoms with Crippen LogP contribution in [0.3, 0.4) is 0 Å². The van der Waals surface area contributed by atoms with Gasteiger partial charge >= 0.3 is 0 Å². The van der Waals surface area contributed by atoms with Crippen LogP contribution >= 0.6 is 0 Å². The maximum absolute atomic E-state index is 6.04. The summed E-state index contributed by atoms with van der Waals surface area (Å²) in [5.41, 5.74) is 6.94. The topological polar surface area (TPSA) is 87.7 Å². The van der Waals surface area contributed by atoms with Crippen molar-refractivity contribution in [2.75, 3.05) is 5.32 Å². The van der Waals surface area contributed by atoms with Crippen molar-refractivity contribution in [1.82, 2.24) is 10.3 Å². The fourth-order valence-electron chi connectivity index (χ4n) is 1.58. The lowest BCUT2D eigenvalue weighted by Gasteiger charge is -2.25. The van der Waals surface area contributed by atoms with Crippen molar-refractivity contribution < 1.29 is 0 Å². The lowest BCUT2D eigenvalue weighted by Crippen LogP contribution is -2.45. The Kier molecular flexibility index (Phi) is 3.34. The fraction of sp³-hybridized carbons (Fsp3) is 0.364. The van der Waals surface area contributed by atoms with Crippen molar-refractivity contribution in [1.29, 1.82) is 0 Å². The molecular formula is C11H16N6. The van der Waals surface area contributed by atoms with Gasteiger partial charge in [0.25, 0.3) is 0 Å². The third-order valence-electron chi connectivity index (χ3n) is 2.36. The number of nitrogens with one attached hydrogen (secondary N) is 2. The molecule has 0 bridgehead atoms. The molecule has 0 aliphatic carbocycles. The summed E-state index contributed by atoms with van der Waals surface area (Å²) in [5.74, 6) is -0.253. The predicted molar refractivity (Wildman–Crippen MR) is 68.7 cm³/mol. The third kappa shape index (κ3) is 3.01. The average molecular weight is 232 g/mol. The molecule has 0 saturated carbocycles. The summed E-state index contributed by atoms with van der Waals surface area (Å²) in [7, 11) is 0. The molecule has 6 heteroatoms. The molecular weight excluding hydrogens is 216 g/mol. The summed E-state index contributed by atoms with van der Waals surface area (Å²) in [4.78, 5) is 12.4. The van der Waals surface area contributed by atoms with Crippen LogP contribution in [0.25, 0.3) is 0 Å². The van der Waals surface area contributed by atoms with Crippen LogP contribution in [0.4, 0.5) is 5.69 Å². The van der Waals surface area contributed by atoms with Gasteiger partial charge in [0.15, 0.2) is 0 Å². The molecule has 0 spiro atoms. The van der Waals surface area contributed by atoms with Crippen molar-refractivity contribution in [2.45, 2.75) is 25.6 Å². The van der Waals surface area contributed by atoms with Crippen LogP contribution in [0.5, 0.6) is 0 Å². The van der Waals surface area contributed by atoms with Crippen LogP contribution in [0, 0.1) is 0 Å². The van der Waals surface area contributed by atoms with Gasteiger partial charge in [0.2, 0.25) is 11.7 Å². The quantitative estimate of drug-likeness (QED) is 0.722. The molecule has 1 aromatic heterocycles. The number of nitrogens with zero attached hydrogens (tertiary/aromatic N) is 3. The van der Waals surface area contributed by atoms with Gasteiger partial charge < -0.3 is 10.6 Å². The van der Waals surface area contributed by atoms with Gasteiger partial charge in [0.05, 0.1) is 6.34 Å². The minimum Gasteiger partial charge on any atom is -0.326 e. The Bertz CT molecular complexity index is 427. The standard InChI is InChI=1S/C11H16N6/c1-2-5-11(12)15-8-14-10(17-11)16-9-3-6-13-7-4-9/h3-4,6-8H,2,5,12H2,1H3,(H2,13,14,15,16,17). The van der Waals surface area contributed by atoms with Crippen LogP contribution in [-0.4, -0.2) is 23.1 Å². The normalized spacial score (nSPS) is 22.8. The zero-order valence-electron chi connectivity index (χ0n) is 9.72. The Morgan fingerprint density at radius 3 is 2.88 bits per heavy atom. The first-order valence-electron chi connectivity index (χ1n) is 5.58. The molecule has 6 nitrogen and oxygen atoms in total. The second kappa shape index (κ2) is 4.92. The van der Waals surface area contributed by atoms with E-state index in [2.05, 4.69) is 32.5 Å². The van der Waals surface area contributed by atoms with Gasteiger partial charge in [-0.05, 0) is 12.1 Å². The molecule has 2 rings (SSSR count). The SMILES string of the molecule is CCCC1(N)N=CNC(Nc2ccncc2)=N1. The molecule has 0 amide bonds. The highest BCUT2D eigenvalue weighted by molar-refractivity contribution is 6.01. The van der Waals surface area contributed by atoms with Crippen LogP contribution < -0.4 is 16.4 Å². The second-order valence-corrected chi connectivity index (χ2v) is 3.85. The molecule has 90 valence electrons. The van der Waals surface area contributed by atoms with Crippen LogP contribution in [0.15, 0.2) is 34.5 Å². The summed E-state index contributed by atoms with van der Waals surface area (Å²) in [5, 5.41) is 6.05. The van der Waals surface area contributed by atoms with Crippen LogP contribution in [0.1, 0.15) is 19.8 Å². The number of hydrogen-bond acceptors (Lipinski definition) is 6. The molecule has 1 aromatic rings. The largest absolute Gasteiger partial charge is 0.326 e. The van der Waals surface area contributed by atoms with Crippen LogP contribution in [-0.2, 0) is 0 Å². The molecule has 4 N–H and O–H groups in total. The highest BCUT2D eigenvalue weighted by Crippen LogP contribution is 2.15. The molecule has 1 aliphatic rings. The summed E-state index contributed by atoms with van der Waals surface area (Å²) in [6.07, 6.45) is 6.64. The molecule has 1 aliphatic heterocycles. The van der Waals surface area contributed by atoms with E-state index in [4.69, 9.17) is 5.73 Å². The second-order valence-electron chi connectivity index (χ2n) is 3.85. The van der Waals surface area contributed by atoms with Gasteiger partial charge in [-0.25, -0.2) is 9.98 Å². The Morgan fingerprint density at radius 2 is 2.18 bits per heavy atom. The van der Waals surface area contributed by atoms with E-state index in [0.29, 0.717) is 12.4 Å². The maximum Gasteiger partial charge on any atom is 0.207 e. The van der Waals surface area contributed by atoms with Gasteiger partial charge in [0, 0.05) is 24.5 Å². The minimum absolute atomic E-state index is 0.599. The third-order valence-corrected chi connectivity index (χ3v) is 2.36. The number of pyridine rings is 1. The first-order chi connectivity index (χ1) is 8.22. The summed E-state index contributed by atoms with van der Waals surface area (Å²) < 4.78 is 0. The maximum atomic E-state index is 6.04. The van der Waals surface area contributed by atoms with Gasteiger partial charge in [-0.3, -0.25) is 10.7 Å². The molecule has 2 heterocycles. The number of aromatic nitrogens is 1. The predicted octanol–water partition coefficient (Wildman–Crippen LogP) is 0.894. The molecule has 0 fully saturated rings. The van der Waals surface area contributed by atoms with Gasteiger partial charge in [-0.2, -0.15) is 0 Å². The molecule has 1 unspecified atom stereocenters. The van der Waals surface area contributed by atoms with E-state index >= 15 is 0 Å². The zero-order valence-corrected chi connectivity index (χ0v) is 9.72. The van der Waals surface area contributed by atoms with E-state index in [1.54, 1.807) is 18.7 Å².